The fourth-order valence-electron chi connectivity index (χ4n) is 1.25. The third-order valence-electron chi connectivity index (χ3n) is 1.82. The quantitative estimate of drug-likeness (QED) is 0.535. The van der Waals surface area contributed by atoms with Gasteiger partial charge in [0.15, 0.2) is 11.6 Å². The molecule has 0 fully saturated rings. The molecule has 0 unspecified atom stereocenters. The first-order valence-corrected chi connectivity index (χ1v) is 3.42. The summed E-state index contributed by atoms with van der Waals surface area (Å²) in [4.78, 5) is 0. The molecule has 0 nitrogen and oxygen atoms in total. The standard InChI is InChI=1S/C9H6F2/c10-8-4-6-2-1-3-7(6)5-9(8)11/h1-2,4-5H,3H2. The average Bonchev–Trinajstić information content (AvgIpc) is 2.36. The van der Waals surface area contributed by atoms with Gasteiger partial charge in [-0.05, 0) is 29.7 Å². The van der Waals surface area contributed by atoms with Gasteiger partial charge >= 0.3 is 0 Å². The van der Waals surface area contributed by atoms with Crippen LogP contribution >= 0.6 is 0 Å². The van der Waals surface area contributed by atoms with Crippen LogP contribution in [0.2, 0.25) is 0 Å². The van der Waals surface area contributed by atoms with E-state index in [0.717, 1.165) is 11.1 Å². The maximum atomic E-state index is 12.6. The third kappa shape index (κ3) is 0.946. The highest BCUT2D eigenvalue weighted by atomic mass is 19.2. The Morgan fingerprint density at radius 2 is 1.82 bits per heavy atom. The van der Waals surface area contributed by atoms with E-state index in [9.17, 15) is 8.78 Å². The lowest BCUT2D eigenvalue weighted by Crippen LogP contribution is -1.88. The Morgan fingerprint density at radius 3 is 2.64 bits per heavy atom. The highest BCUT2D eigenvalue weighted by molar-refractivity contribution is 5.59. The van der Waals surface area contributed by atoms with Crippen molar-refractivity contribution in [1.29, 1.82) is 0 Å². The van der Waals surface area contributed by atoms with Crippen molar-refractivity contribution in [3.63, 3.8) is 0 Å². The van der Waals surface area contributed by atoms with Gasteiger partial charge in [0.2, 0.25) is 0 Å². The lowest BCUT2D eigenvalue weighted by molar-refractivity contribution is 0.507. The Balaban J connectivity index is 2.63. The van der Waals surface area contributed by atoms with Crippen molar-refractivity contribution in [3.8, 4) is 0 Å². The molecule has 1 aromatic carbocycles. The maximum Gasteiger partial charge on any atom is 0.159 e. The molecule has 0 radical (unpaired) electrons. The van der Waals surface area contributed by atoms with Crippen molar-refractivity contribution < 1.29 is 8.78 Å². The van der Waals surface area contributed by atoms with Crippen molar-refractivity contribution in [2.75, 3.05) is 0 Å². The van der Waals surface area contributed by atoms with E-state index in [1.807, 2.05) is 6.08 Å². The summed E-state index contributed by atoms with van der Waals surface area (Å²) in [5, 5.41) is 0. The minimum atomic E-state index is -0.768. The molecule has 0 N–H and O–H groups in total. The van der Waals surface area contributed by atoms with Crippen LogP contribution in [0.3, 0.4) is 0 Å². The lowest BCUT2D eigenvalue weighted by atomic mass is 10.1. The largest absolute Gasteiger partial charge is 0.204 e. The molecule has 0 spiro atoms. The third-order valence-corrected chi connectivity index (χ3v) is 1.82. The minimum Gasteiger partial charge on any atom is -0.204 e. The van der Waals surface area contributed by atoms with Gasteiger partial charge in [-0.1, -0.05) is 12.2 Å². The molecule has 1 aromatic rings. The average molecular weight is 152 g/mol. The second-order valence-electron chi connectivity index (χ2n) is 2.57. The minimum absolute atomic E-state index is 0.715. The van der Waals surface area contributed by atoms with Gasteiger partial charge in [0.1, 0.15) is 0 Å². The van der Waals surface area contributed by atoms with E-state index < -0.39 is 11.6 Å². The smallest absolute Gasteiger partial charge is 0.159 e. The molecule has 0 aliphatic heterocycles. The monoisotopic (exact) mass is 152 g/mol. The van der Waals surface area contributed by atoms with Crippen molar-refractivity contribution in [2.45, 2.75) is 6.42 Å². The number of halogens is 2. The molecular formula is C9H6F2. The van der Waals surface area contributed by atoms with E-state index in [4.69, 9.17) is 0 Å². The molecule has 56 valence electrons. The van der Waals surface area contributed by atoms with E-state index in [1.165, 1.54) is 12.1 Å². The lowest BCUT2D eigenvalue weighted by Gasteiger charge is -1.98. The van der Waals surface area contributed by atoms with Crippen molar-refractivity contribution >= 4 is 6.08 Å². The second kappa shape index (κ2) is 2.16. The summed E-state index contributed by atoms with van der Waals surface area (Å²) in [6, 6.07) is 2.48. The van der Waals surface area contributed by atoms with Crippen LogP contribution in [0.5, 0.6) is 0 Å². The SMILES string of the molecule is Fc1cc2c(cc1F)CC=C2. The normalized spacial score (nSPS) is 13.6. The van der Waals surface area contributed by atoms with Gasteiger partial charge in [-0.25, -0.2) is 8.78 Å². The Bertz CT molecular complexity index is 327. The highest BCUT2D eigenvalue weighted by Crippen LogP contribution is 2.21. The first-order chi connectivity index (χ1) is 5.27. The zero-order valence-corrected chi connectivity index (χ0v) is 5.77. The zero-order chi connectivity index (χ0) is 7.84. The molecule has 0 amide bonds. The maximum absolute atomic E-state index is 12.6. The molecule has 2 heteroatoms. The summed E-state index contributed by atoms with van der Waals surface area (Å²) in [7, 11) is 0. The van der Waals surface area contributed by atoms with Crippen molar-refractivity contribution in [2.24, 2.45) is 0 Å². The van der Waals surface area contributed by atoms with Crippen LogP contribution in [0.25, 0.3) is 6.08 Å². The summed E-state index contributed by atoms with van der Waals surface area (Å²) in [5.74, 6) is -1.53. The fourth-order valence-corrected chi connectivity index (χ4v) is 1.25. The van der Waals surface area contributed by atoms with Gasteiger partial charge < -0.3 is 0 Å². The van der Waals surface area contributed by atoms with E-state index in [1.54, 1.807) is 6.08 Å². The summed E-state index contributed by atoms with van der Waals surface area (Å²) < 4.78 is 25.1. The highest BCUT2D eigenvalue weighted by Gasteiger charge is 2.09. The number of allylic oxidation sites excluding steroid dienone is 1. The van der Waals surface area contributed by atoms with Gasteiger partial charge in [-0.3, -0.25) is 0 Å². The first-order valence-electron chi connectivity index (χ1n) is 3.42. The van der Waals surface area contributed by atoms with E-state index in [-0.39, 0.29) is 0 Å². The molecule has 11 heavy (non-hydrogen) atoms. The number of benzene rings is 1. The predicted molar refractivity (Wildman–Crippen MR) is 39.1 cm³/mol. The molecule has 1 aliphatic carbocycles. The number of fused-ring (bicyclic) bond motifs is 1. The summed E-state index contributed by atoms with van der Waals surface area (Å²) >= 11 is 0. The molecule has 0 atom stereocenters. The van der Waals surface area contributed by atoms with Gasteiger partial charge in [0.05, 0.1) is 0 Å². The number of hydrogen-bond donors (Lipinski definition) is 0. The number of rotatable bonds is 0. The molecular weight excluding hydrogens is 146 g/mol. The van der Waals surface area contributed by atoms with E-state index >= 15 is 0 Å². The Labute approximate surface area is 63.2 Å². The number of hydrogen-bond acceptors (Lipinski definition) is 0. The fraction of sp³-hybridized carbons (Fsp3) is 0.111. The first kappa shape index (κ1) is 6.53. The Kier molecular flexibility index (Phi) is 1.28. The van der Waals surface area contributed by atoms with Crippen LogP contribution in [0, 0.1) is 11.6 Å². The molecule has 0 saturated carbocycles. The van der Waals surface area contributed by atoms with Crippen LogP contribution < -0.4 is 0 Å². The Hall–Kier alpha value is -1.18. The van der Waals surface area contributed by atoms with Crippen LogP contribution in [-0.2, 0) is 6.42 Å². The zero-order valence-electron chi connectivity index (χ0n) is 5.77. The van der Waals surface area contributed by atoms with Crippen LogP contribution in [0.4, 0.5) is 8.78 Å². The van der Waals surface area contributed by atoms with Crippen molar-refractivity contribution in [3.05, 3.63) is 41.0 Å². The topological polar surface area (TPSA) is 0 Å². The van der Waals surface area contributed by atoms with Gasteiger partial charge in [0, 0.05) is 0 Å². The van der Waals surface area contributed by atoms with Gasteiger partial charge in [-0.2, -0.15) is 0 Å². The van der Waals surface area contributed by atoms with Gasteiger partial charge in [-0.15, -0.1) is 0 Å². The van der Waals surface area contributed by atoms with Crippen LogP contribution in [0.15, 0.2) is 18.2 Å². The molecule has 0 heterocycles. The molecule has 0 aromatic heterocycles. The summed E-state index contributed by atoms with van der Waals surface area (Å²) in [6.45, 7) is 0. The molecule has 1 aliphatic rings. The molecule has 2 rings (SSSR count). The van der Waals surface area contributed by atoms with Crippen molar-refractivity contribution in [1.82, 2.24) is 0 Å². The van der Waals surface area contributed by atoms with Crippen LogP contribution in [-0.4, -0.2) is 0 Å². The predicted octanol–water partition coefficient (Wildman–Crippen LogP) is 2.53. The second-order valence-corrected chi connectivity index (χ2v) is 2.57. The van der Waals surface area contributed by atoms with E-state index in [0.29, 0.717) is 6.42 Å². The summed E-state index contributed by atoms with van der Waals surface area (Å²) in [6.07, 6.45) is 4.41. The molecule has 0 bridgehead atoms. The summed E-state index contributed by atoms with van der Waals surface area (Å²) in [5.41, 5.74) is 1.66. The Morgan fingerprint density at radius 1 is 1.09 bits per heavy atom. The van der Waals surface area contributed by atoms with E-state index in [2.05, 4.69) is 0 Å². The van der Waals surface area contributed by atoms with Gasteiger partial charge in [0.25, 0.3) is 0 Å². The van der Waals surface area contributed by atoms with Crippen LogP contribution in [0.1, 0.15) is 11.1 Å². The molecule has 0 saturated heterocycles.